The number of carbonyl (C=O) groups excluding carboxylic acids is 2. The molecule has 112 valence electrons. The van der Waals surface area contributed by atoms with Gasteiger partial charge in [0.15, 0.2) is 0 Å². The Hall–Kier alpha value is -1.86. The van der Waals surface area contributed by atoms with Gasteiger partial charge in [0, 0.05) is 13.8 Å². The lowest BCUT2D eigenvalue weighted by Gasteiger charge is -2.17. The van der Waals surface area contributed by atoms with Crippen molar-refractivity contribution in [2.75, 3.05) is 13.2 Å². The molecule has 0 N–H and O–H groups in total. The summed E-state index contributed by atoms with van der Waals surface area (Å²) < 4.78 is 21.4. The molecule has 0 amide bonds. The minimum absolute atomic E-state index is 0.0601. The summed E-state index contributed by atoms with van der Waals surface area (Å²) in [6, 6.07) is 9.40. The van der Waals surface area contributed by atoms with Gasteiger partial charge in [-0.25, -0.2) is 0 Å². The van der Waals surface area contributed by atoms with Crippen LogP contribution in [-0.2, 0) is 28.4 Å². The van der Waals surface area contributed by atoms with Crippen LogP contribution in [0.25, 0.3) is 0 Å². The minimum Gasteiger partial charge on any atom is -0.463 e. The van der Waals surface area contributed by atoms with Crippen molar-refractivity contribution in [2.24, 2.45) is 0 Å². The van der Waals surface area contributed by atoms with Gasteiger partial charge in [0.25, 0.3) is 0 Å². The maximum atomic E-state index is 10.9. The first-order valence-electron chi connectivity index (χ1n) is 6.69. The summed E-state index contributed by atoms with van der Waals surface area (Å²) in [6.45, 7) is 2.77. The molecule has 2 atom stereocenters. The van der Waals surface area contributed by atoms with Crippen molar-refractivity contribution in [2.45, 2.75) is 26.1 Å². The van der Waals surface area contributed by atoms with Gasteiger partial charge >= 0.3 is 19.1 Å². The van der Waals surface area contributed by atoms with E-state index in [1.807, 2.05) is 30.3 Å². The van der Waals surface area contributed by atoms with E-state index in [1.54, 1.807) is 0 Å². The third-order valence-electron chi connectivity index (χ3n) is 2.98. The fraction of sp³-hybridized carbons (Fsp3) is 0.429. The van der Waals surface area contributed by atoms with Gasteiger partial charge in [0.05, 0.1) is 0 Å². The second kappa shape index (κ2) is 7.24. The Balaban J connectivity index is 2.01. The zero-order valence-electron chi connectivity index (χ0n) is 12.0. The van der Waals surface area contributed by atoms with Crippen molar-refractivity contribution in [1.29, 1.82) is 0 Å². The lowest BCUT2D eigenvalue weighted by Crippen LogP contribution is -2.32. The summed E-state index contributed by atoms with van der Waals surface area (Å²) in [5.41, 5.74) is 0.857. The van der Waals surface area contributed by atoms with Gasteiger partial charge in [-0.05, 0) is 5.46 Å². The lowest BCUT2D eigenvalue weighted by atomic mass is 9.79. The molecule has 1 aromatic carbocycles. The summed E-state index contributed by atoms with van der Waals surface area (Å²) >= 11 is 0. The number of esters is 2. The average Bonchev–Trinajstić information content (AvgIpc) is 2.87. The highest BCUT2D eigenvalue weighted by molar-refractivity contribution is 6.61. The van der Waals surface area contributed by atoms with E-state index < -0.39 is 31.3 Å². The van der Waals surface area contributed by atoms with E-state index in [1.165, 1.54) is 13.8 Å². The van der Waals surface area contributed by atoms with Gasteiger partial charge in [-0.2, -0.15) is 0 Å². The summed E-state index contributed by atoms with van der Waals surface area (Å²) in [7, 11) is -0.563. The monoisotopic (exact) mass is 292 g/mol. The van der Waals surface area contributed by atoms with Crippen LogP contribution in [0, 0.1) is 0 Å². The molecule has 1 aromatic rings. The highest BCUT2D eigenvalue weighted by Crippen LogP contribution is 2.18. The number of rotatable bonds is 5. The van der Waals surface area contributed by atoms with Crippen LogP contribution in [0.4, 0.5) is 0 Å². The largest absolute Gasteiger partial charge is 0.494 e. The molecule has 7 heteroatoms. The molecule has 0 aromatic heterocycles. The molecule has 0 aliphatic carbocycles. The Morgan fingerprint density at radius 2 is 1.48 bits per heavy atom. The molecule has 1 fully saturated rings. The van der Waals surface area contributed by atoms with Crippen LogP contribution >= 0.6 is 0 Å². The fourth-order valence-electron chi connectivity index (χ4n) is 1.98. The molecule has 1 saturated heterocycles. The second-order valence-electron chi connectivity index (χ2n) is 4.70. The van der Waals surface area contributed by atoms with Crippen LogP contribution in [-0.4, -0.2) is 44.5 Å². The summed E-state index contributed by atoms with van der Waals surface area (Å²) in [4.78, 5) is 21.8. The highest BCUT2D eigenvalue weighted by atomic mass is 16.7. The van der Waals surface area contributed by atoms with Crippen molar-refractivity contribution in [3.05, 3.63) is 30.3 Å². The van der Waals surface area contributed by atoms with Gasteiger partial charge in [-0.1, -0.05) is 30.3 Å². The Labute approximate surface area is 123 Å². The van der Waals surface area contributed by atoms with E-state index in [0.717, 1.165) is 5.46 Å². The highest BCUT2D eigenvalue weighted by Gasteiger charge is 2.41. The van der Waals surface area contributed by atoms with Crippen molar-refractivity contribution in [1.82, 2.24) is 0 Å². The number of hydrogen-bond acceptors (Lipinski definition) is 6. The Morgan fingerprint density at radius 3 is 1.90 bits per heavy atom. The second-order valence-corrected chi connectivity index (χ2v) is 4.70. The summed E-state index contributed by atoms with van der Waals surface area (Å²) in [6.07, 6.45) is -0.947. The predicted molar refractivity (Wildman–Crippen MR) is 74.8 cm³/mol. The van der Waals surface area contributed by atoms with E-state index in [4.69, 9.17) is 18.8 Å². The molecule has 0 radical (unpaired) electrons. The van der Waals surface area contributed by atoms with E-state index in [9.17, 15) is 9.59 Å². The molecule has 0 saturated carbocycles. The molecule has 2 rings (SSSR count). The molecule has 0 spiro atoms. The first-order valence-corrected chi connectivity index (χ1v) is 6.69. The molecule has 1 aliphatic rings. The molecule has 0 unspecified atom stereocenters. The summed E-state index contributed by atoms with van der Waals surface area (Å²) in [5.74, 6) is -0.791. The van der Waals surface area contributed by atoms with Crippen molar-refractivity contribution in [3.63, 3.8) is 0 Å². The maximum absolute atomic E-state index is 10.9. The Morgan fingerprint density at radius 1 is 1.00 bits per heavy atom. The molecular weight excluding hydrogens is 275 g/mol. The van der Waals surface area contributed by atoms with Crippen LogP contribution in [0.2, 0.25) is 0 Å². The van der Waals surface area contributed by atoms with Gasteiger partial charge in [-0.15, -0.1) is 0 Å². The van der Waals surface area contributed by atoms with Crippen LogP contribution in [0.1, 0.15) is 13.8 Å². The number of benzene rings is 1. The van der Waals surface area contributed by atoms with Crippen molar-refractivity contribution >= 4 is 24.5 Å². The van der Waals surface area contributed by atoms with Crippen LogP contribution in [0.5, 0.6) is 0 Å². The van der Waals surface area contributed by atoms with E-state index >= 15 is 0 Å². The fourth-order valence-corrected chi connectivity index (χ4v) is 1.98. The Bertz CT molecular complexity index is 465. The number of carbonyl (C=O) groups is 2. The molecule has 0 bridgehead atoms. The van der Waals surface area contributed by atoms with Gasteiger partial charge in [-0.3, -0.25) is 9.59 Å². The summed E-state index contributed by atoms with van der Waals surface area (Å²) in [5, 5.41) is 0. The zero-order chi connectivity index (χ0) is 15.2. The Kier molecular flexibility index (Phi) is 5.35. The smallest absolute Gasteiger partial charge is 0.463 e. The third kappa shape index (κ3) is 4.58. The maximum Gasteiger partial charge on any atom is 0.494 e. The van der Waals surface area contributed by atoms with Crippen LogP contribution in [0.15, 0.2) is 30.3 Å². The van der Waals surface area contributed by atoms with E-state index in [2.05, 4.69) is 0 Å². The topological polar surface area (TPSA) is 71.1 Å². The normalized spacial score (nSPS) is 21.1. The molecular formula is C14H17BO6. The number of ether oxygens (including phenoxy) is 2. The molecule has 1 aliphatic heterocycles. The van der Waals surface area contributed by atoms with Crippen molar-refractivity contribution in [3.8, 4) is 0 Å². The first kappa shape index (κ1) is 15.5. The van der Waals surface area contributed by atoms with Crippen molar-refractivity contribution < 1.29 is 28.4 Å². The average molecular weight is 292 g/mol. The molecule has 21 heavy (non-hydrogen) atoms. The standard InChI is InChI=1S/C14H17BO6/c1-10(16)18-8-13-14(9-19-11(2)17)21-15(20-13)12-6-4-3-5-7-12/h3-7,13-14H,8-9H2,1-2H3/t13-,14-/m1/s1. The SMILES string of the molecule is CC(=O)OC[C@H]1OB(c2ccccc2)O[C@@H]1COC(C)=O. The predicted octanol–water partition coefficient (Wildman–Crippen LogP) is 0.292. The van der Waals surface area contributed by atoms with Crippen LogP contribution in [0.3, 0.4) is 0 Å². The van der Waals surface area contributed by atoms with Gasteiger partial charge in [0.1, 0.15) is 25.4 Å². The van der Waals surface area contributed by atoms with E-state index in [-0.39, 0.29) is 13.2 Å². The van der Waals surface area contributed by atoms with Gasteiger partial charge in [0.2, 0.25) is 0 Å². The molecule has 6 nitrogen and oxygen atoms in total. The first-order chi connectivity index (χ1) is 10.1. The van der Waals surface area contributed by atoms with Crippen LogP contribution < -0.4 is 5.46 Å². The van der Waals surface area contributed by atoms with Gasteiger partial charge < -0.3 is 18.8 Å². The number of hydrogen-bond donors (Lipinski definition) is 0. The third-order valence-corrected chi connectivity index (χ3v) is 2.98. The minimum atomic E-state index is -0.563. The lowest BCUT2D eigenvalue weighted by molar-refractivity contribution is -0.148. The molecule has 1 heterocycles. The quantitative estimate of drug-likeness (QED) is 0.574. The zero-order valence-corrected chi connectivity index (χ0v) is 12.0. The van der Waals surface area contributed by atoms with E-state index in [0.29, 0.717) is 0 Å².